The van der Waals surface area contributed by atoms with Crippen molar-refractivity contribution < 1.29 is 9.90 Å². The van der Waals surface area contributed by atoms with E-state index in [0.29, 0.717) is 10.4 Å². The van der Waals surface area contributed by atoms with Gasteiger partial charge in [-0.25, -0.2) is 9.97 Å². The van der Waals surface area contributed by atoms with Crippen molar-refractivity contribution in [3.63, 3.8) is 0 Å². The fourth-order valence-electron chi connectivity index (χ4n) is 2.39. The molecule has 2 N–H and O–H groups in total. The Morgan fingerprint density at radius 3 is 2.71 bits per heavy atom. The molecule has 1 aliphatic rings. The zero-order valence-corrected chi connectivity index (χ0v) is 14.3. The Morgan fingerprint density at radius 1 is 1.43 bits per heavy atom. The summed E-state index contributed by atoms with van der Waals surface area (Å²) in [5.74, 6) is 0.582. The molecule has 0 saturated heterocycles. The van der Waals surface area contributed by atoms with E-state index in [0.717, 1.165) is 31.4 Å². The lowest BCUT2D eigenvalue weighted by molar-refractivity contribution is -0.123. The molecule has 1 fully saturated rings. The molecule has 2 rings (SSSR count). The lowest BCUT2D eigenvalue weighted by Crippen LogP contribution is -2.28. The standard InChI is InChI=1S/C15H22BrN3O2/c1-15(2,3)14(21)19-13-12(16)18-11(8-17-13)9-5-4-6-10(20)7-9/h8-10,20H,4-7H2,1-3H3,(H,17,19,21). The summed E-state index contributed by atoms with van der Waals surface area (Å²) in [7, 11) is 0. The number of aliphatic hydroxyl groups is 1. The third kappa shape index (κ3) is 4.23. The Hall–Kier alpha value is -1.01. The number of carbonyl (C=O) groups is 1. The van der Waals surface area contributed by atoms with E-state index in [2.05, 4.69) is 31.2 Å². The van der Waals surface area contributed by atoms with E-state index in [-0.39, 0.29) is 17.9 Å². The van der Waals surface area contributed by atoms with Crippen LogP contribution >= 0.6 is 15.9 Å². The van der Waals surface area contributed by atoms with E-state index >= 15 is 0 Å². The van der Waals surface area contributed by atoms with Crippen LogP contribution in [0.5, 0.6) is 0 Å². The predicted molar refractivity (Wildman–Crippen MR) is 85.0 cm³/mol. The molecular formula is C15H22BrN3O2. The van der Waals surface area contributed by atoms with Gasteiger partial charge < -0.3 is 10.4 Å². The van der Waals surface area contributed by atoms with Gasteiger partial charge in [0.15, 0.2) is 5.82 Å². The second kappa shape index (κ2) is 6.40. The lowest BCUT2D eigenvalue weighted by Gasteiger charge is -2.25. The summed E-state index contributed by atoms with van der Waals surface area (Å²) in [5, 5.41) is 12.5. The van der Waals surface area contributed by atoms with Gasteiger partial charge in [-0.3, -0.25) is 4.79 Å². The van der Waals surface area contributed by atoms with Crippen LogP contribution in [0.1, 0.15) is 58.1 Å². The monoisotopic (exact) mass is 355 g/mol. The van der Waals surface area contributed by atoms with Crippen LogP contribution in [0, 0.1) is 5.41 Å². The number of aromatic nitrogens is 2. The highest BCUT2D eigenvalue weighted by atomic mass is 79.9. The minimum absolute atomic E-state index is 0.0988. The first-order valence-corrected chi connectivity index (χ1v) is 8.08. The number of carbonyl (C=O) groups excluding carboxylic acids is 1. The van der Waals surface area contributed by atoms with Gasteiger partial charge in [-0.05, 0) is 35.2 Å². The molecule has 1 saturated carbocycles. The maximum Gasteiger partial charge on any atom is 0.230 e. The van der Waals surface area contributed by atoms with Crippen LogP contribution in [0.3, 0.4) is 0 Å². The molecule has 0 spiro atoms. The summed E-state index contributed by atoms with van der Waals surface area (Å²) in [6.45, 7) is 5.55. The second-order valence-corrected chi connectivity index (χ2v) is 7.41. The number of aliphatic hydroxyl groups excluding tert-OH is 1. The summed E-state index contributed by atoms with van der Waals surface area (Å²) in [4.78, 5) is 20.8. The van der Waals surface area contributed by atoms with Crippen LogP contribution in [-0.2, 0) is 4.79 Å². The summed E-state index contributed by atoms with van der Waals surface area (Å²) in [5.41, 5.74) is 0.391. The van der Waals surface area contributed by atoms with Crippen molar-refractivity contribution in [2.45, 2.75) is 58.5 Å². The van der Waals surface area contributed by atoms with Crippen LogP contribution < -0.4 is 5.32 Å². The van der Waals surface area contributed by atoms with Gasteiger partial charge in [0.05, 0.1) is 18.0 Å². The molecule has 0 aliphatic heterocycles. The quantitative estimate of drug-likeness (QED) is 0.853. The molecule has 1 aliphatic carbocycles. The number of halogens is 1. The zero-order valence-electron chi connectivity index (χ0n) is 12.7. The van der Waals surface area contributed by atoms with Crippen molar-refractivity contribution in [1.29, 1.82) is 0 Å². The number of nitrogens with one attached hydrogen (secondary N) is 1. The average Bonchev–Trinajstić information content (AvgIpc) is 2.40. The van der Waals surface area contributed by atoms with Crippen molar-refractivity contribution >= 4 is 27.7 Å². The summed E-state index contributed by atoms with van der Waals surface area (Å²) < 4.78 is 0.540. The summed E-state index contributed by atoms with van der Waals surface area (Å²) >= 11 is 3.37. The highest BCUT2D eigenvalue weighted by molar-refractivity contribution is 9.10. The number of nitrogens with zero attached hydrogens (tertiary/aromatic N) is 2. The van der Waals surface area contributed by atoms with Gasteiger partial charge in [0, 0.05) is 11.3 Å². The van der Waals surface area contributed by atoms with Gasteiger partial charge in [-0.15, -0.1) is 0 Å². The number of hydrogen-bond donors (Lipinski definition) is 2. The topological polar surface area (TPSA) is 75.1 Å². The molecule has 0 radical (unpaired) electrons. The molecule has 1 heterocycles. The molecule has 1 amide bonds. The number of anilines is 1. The van der Waals surface area contributed by atoms with Crippen molar-refractivity contribution in [3.05, 3.63) is 16.5 Å². The van der Waals surface area contributed by atoms with Crippen LogP contribution in [0.4, 0.5) is 5.82 Å². The largest absolute Gasteiger partial charge is 0.393 e. The van der Waals surface area contributed by atoms with Crippen LogP contribution in [-0.4, -0.2) is 27.1 Å². The SMILES string of the molecule is CC(C)(C)C(=O)Nc1ncc(C2CCCC(O)C2)nc1Br. The van der Waals surface area contributed by atoms with Gasteiger partial charge in [0.25, 0.3) is 0 Å². The maximum atomic E-state index is 12.0. The molecule has 5 nitrogen and oxygen atoms in total. The molecule has 2 unspecified atom stereocenters. The number of amides is 1. The normalized spacial score (nSPS) is 22.9. The van der Waals surface area contributed by atoms with E-state index in [1.807, 2.05) is 20.8 Å². The van der Waals surface area contributed by atoms with E-state index < -0.39 is 5.41 Å². The first kappa shape index (κ1) is 16.4. The maximum absolute atomic E-state index is 12.0. The molecule has 2 atom stereocenters. The Bertz CT molecular complexity index is 528. The molecule has 6 heteroatoms. The molecule has 1 aromatic rings. The smallest absolute Gasteiger partial charge is 0.230 e. The Kier molecular flexibility index (Phi) is 4.99. The van der Waals surface area contributed by atoms with Gasteiger partial charge >= 0.3 is 0 Å². The van der Waals surface area contributed by atoms with Gasteiger partial charge in [-0.2, -0.15) is 0 Å². The molecule has 21 heavy (non-hydrogen) atoms. The molecule has 0 bridgehead atoms. The van der Waals surface area contributed by atoms with E-state index in [9.17, 15) is 9.90 Å². The highest BCUT2D eigenvalue weighted by Gasteiger charge is 2.25. The zero-order chi connectivity index (χ0) is 15.6. The average molecular weight is 356 g/mol. The van der Waals surface area contributed by atoms with Crippen LogP contribution in [0.2, 0.25) is 0 Å². The molecular weight excluding hydrogens is 334 g/mol. The minimum Gasteiger partial charge on any atom is -0.393 e. The van der Waals surface area contributed by atoms with Crippen molar-refractivity contribution in [2.24, 2.45) is 5.41 Å². The Labute approximate surface area is 133 Å². The lowest BCUT2D eigenvalue weighted by atomic mass is 9.85. The predicted octanol–water partition coefficient (Wildman–Crippen LogP) is 3.24. The molecule has 1 aromatic heterocycles. The summed E-state index contributed by atoms with van der Waals surface area (Å²) in [6.07, 6.45) is 5.08. The van der Waals surface area contributed by atoms with Crippen LogP contribution in [0.15, 0.2) is 10.8 Å². The van der Waals surface area contributed by atoms with Gasteiger partial charge in [-0.1, -0.05) is 27.2 Å². The van der Waals surface area contributed by atoms with E-state index in [1.54, 1.807) is 6.20 Å². The van der Waals surface area contributed by atoms with Crippen molar-refractivity contribution in [1.82, 2.24) is 9.97 Å². The van der Waals surface area contributed by atoms with Gasteiger partial charge in [0.2, 0.25) is 5.91 Å². The Morgan fingerprint density at radius 2 is 2.14 bits per heavy atom. The van der Waals surface area contributed by atoms with Crippen LogP contribution in [0.25, 0.3) is 0 Å². The fraction of sp³-hybridized carbons (Fsp3) is 0.667. The molecule has 116 valence electrons. The number of hydrogen-bond acceptors (Lipinski definition) is 4. The third-order valence-corrected chi connectivity index (χ3v) is 4.28. The first-order chi connectivity index (χ1) is 9.77. The third-order valence-electron chi connectivity index (χ3n) is 3.73. The minimum atomic E-state index is -0.479. The highest BCUT2D eigenvalue weighted by Crippen LogP contribution is 2.33. The molecule has 0 aromatic carbocycles. The van der Waals surface area contributed by atoms with E-state index in [4.69, 9.17) is 0 Å². The Balaban J connectivity index is 2.12. The van der Waals surface area contributed by atoms with Gasteiger partial charge in [0.1, 0.15) is 4.60 Å². The fourth-order valence-corrected chi connectivity index (χ4v) is 2.79. The second-order valence-electron chi connectivity index (χ2n) is 6.66. The van der Waals surface area contributed by atoms with E-state index in [1.165, 1.54) is 0 Å². The van der Waals surface area contributed by atoms with Crippen molar-refractivity contribution in [2.75, 3.05) is 5.32 Å². The van der Waals surface area contributed by atoms with Crippen molar-refractivity contribution in [3.8, 4) is 0 Å². The number of rotatable bonds is 2. The first-order valence-electron chi connectivity index (χ1n) is 7.29. The summed E-state index contributed by atoms with van der Waals surface area (Å²) in [6, 6.07) is 0.